The molecule has 0 aromatic carbocycles. The number of fused-ring (bicyclic) bond motifs is 1. The molecule has 0 radical (unpaired) electrons. The Morgan fingerprint density at radius 3 is 2.72 bits per heavy atom. The van der Waals surface area contributed by atoms with Crippen LogP contribution in [0.15, 0.2) is 11.0 Å². The molecule has 96 valence electrons. The number of anilines is 1. The molecular formula is C9H11N5O4. The topological polar surface area (TPSA) is 158 Å². The molecule has 0 aliphatic heterocycles. The van der Waals surface area contributed by atoms with Crippen LogP contribution in [0.4, 0.5) is 5.95 Å². The van der Waals surface area contributed by atoms with Crippen LogP contribution in [-0.4, -0.2) is 41.2 Å². The Morgan fingerprint density at radius 2 is 2.06 bits per heavy atom. The largest absolute Gasteiger partial charge is 0.369 e. The number of H-pyrrole nitrogens is 1. The van der Waals surface area contributed by atoms with Crippen molar-refractivity contribution in [1.29, 1.82) is 0 Å². The zero-order chi connectivity index (χ0) is 13.3. The monoisotopic (exact) mass is 253 g/mol. The van der Waals surface area contributed by atoms with Crippen molar-refractivity contribution in [1.82, 2.24) is 19.9 Å². The van der Waals surface area contributed by atoms with Crippen LogP contribution in [0.3, 0.4) is 0 Å². The van der Waals surface area contributed by atoms with Crippen molar-refractivity contribution >= 4 is 17.1 Å². The quantitative estimate of drug-likeness (QED) is 0.387. The Kier molecular flexibility index (Phi) is 2.95. The lowest BCUT2D eigenvalue weighted by Gasteiger charge is -2.12. The number of nitrogen functional groups attached to an aromatic ring is 1. The highest BCUT2D eigenvalue weighted by molar-refractivity contribution is 5.69. The van der Waals surface area contributed by atoms with Crippen molar-refractivity contribution in [3.63, 3.8) is 0 Å². The van der Waals surface area contributed by atoms with Gasteiger partial charge < -0.3 is 21.1 Å². The molecule has 0 atom stereocenters. The van der Waals surface area contributed by atoms with Crippen molar-refractivity contribution in [2.75, 3.05) is 5.73 Å². The minimum Gasteiger partial charge on any atom is -0.369 e. The SMILES string of the molecule is Nc1nc2ncc(CCC(O)(O)O)nc2c(=O)[nH]1. The maximum absolute atomic E-state index is 11.5. The standard InChI is InChI=1S/C9H11N5O4/c10-8-13-6-5(7(15)14-8)12-4(3-11-6)1-2-9(16,17)18/h3,16-18H,1-2H2,(H3,10,11,13,14,15). The van der Waals surface area contributed by atoms with Crippen molar-refractivity contribution in [3.8, 4) is 0 Å². The predicted molar refractivity (Wildman–Crippen MR) is 60.1 cm³/mol. The van der Waals surface area contributed by atoms with Gasteiger partial charge in [0.15, 0.2) is 11.2 Å². The molecule has 0 saturated carbocycles. The number of hydrogen-bond donors (Lipinski definition) is 5. The first-order valence-corrected chi connectivity index (χ1v) is 5.04. The minimum absolute atomic E-state index is 0.00104. The number of nitrogens with zero attached hydrogens (tertiary/aromatic N) is 3. The van der Waals surface area contributed by atoms with Crippen LogP contribution in [0.5, 0.6) is 0 Å². The van der Waals surface area contributed by atoms with E-state index < -0.39 is 11.5 Å². The van der Waals surface area contributed by atoms with E-state index in [-0.39, 0.29) is 30.0 Å². The van der Waals surface area contributed by atoms with Gasteiger partial charge in [-0.1, -0.05) is 0 Å². The summed E-state index contributed by atoms with van der Waals surface area (Å²) >= 11 is 0. The van der Waals surface area contributed by atoms with Gasteiger partial charge in [0.05, 0.1) is 11.9 Å². The number of aromatic amines is 1. The summed E-state index contributed by atoms with van der Waals surface area (Å²) in [6, 6.07) is 0. The van der Waals surface area contributed by atoms with Gasteiger partial charge in [0.25, 0.3) is 11.5 Å². The molecule has 9 nitrogen and oxygen atoms in total. The molecule has 6 N–H and O–H groups in total. The second-order valence-corrected chi connectivity index (χ2v) is 3.76. The van der Waals surface area contributed by atoms with Gasteiger partial charge in [0.2, 0.25) is 5.95 Å². The van der Waals surface area contributed by atoms with Gasteiger partial charge in [0, 0.05) is 6.42 Å². The molecule has 0 saturated heterocycles. The van der Waals surface area contributed by atoms with Crippen LogP contribution >= 0.6 is 0 Å². The molecule has 0 bridgehead atoms. The highest BCUT2D eigenvalue weighted by Crippen LogP contribution is 2.09. The van der Waals surface area contributed by atoms with Crippen molar-refractivity contribution < 1.29 is 15.3 Å². The van der Waals surface area contributed by atoms with Gasteiger partial charge in [0.1, 0.15) is 0 Å². The molecule has 2 heterocycles. The Bertz CT molecular complexity index is 633. The number of hydrogen-bond acceptors (Lipinski definition) is 8. The van der Waals surface area contributed by atoms with Gasteiger partial charge in [-0.05, 0) is 6.42 Å². The highest BCUT2D eigenvalue weighted by Gasteiger charge is 2.18. The normalized spacial score (nSPS) is 11.9. The molecule has 2 rings (SSSR count). The lowest BCUT2D eigenvalue weighted by molar-refractivity contribution is -0.314. The van der Waals surface area contributed by atoms with Gasteiger partial charge in [-0.25, -0.2) is 9.97 Å². The maximum Gasteiger partial charge on any atom is 0.280 e. The molecule has 0 aliphatic rings. The fourth-order valence-electron chi connectivity index (χ4n) is 1.39. The molecular weight excluding hydrogens is 242 g/mol. The smallest absolute Gasteiger partial charge is 0.280 e. The lowest BCUT2D eigenvalue weighted by Crippen LogP contribution is -2.27. The van der Waals surface area contributed by atoms with E-state index in [1.165, 1.54) is 6.20 Å². The third kappa shape index (κ3) is 2.77. The van der Waals surface area contributed by atoms with Crippen molar-refractivity contribution in [2.24, 2.45) is 0 Å². The first kappa shape index (κ1) is 12.4. The van der Waals surface area contributed by atoms with Crippen molar-refractivity contribution in [3.05, 3.63) is 22.2 Å². The minimum atomic E-state index is -2.78. The highest BCUT2D eigenvalue weighted by atomic mass is 16.7. The fraction of sp³-hybridized carbons (Fsp3) is 0.333. The van der Waals surface area contributed by atoms with Crippen LogP contribution in [0, 0.1) is 0 Å². The van der Waals surface area contributed by atoms with Gasteiger partial charge >= 0.3 is 0 Å². The molecule has 0 aliphatic carbocycles. The second kappa shape index (κ2) is 4.29. The van der Waals surface area contributed by atoms with Crippen LogP contribution in [-0.2, 0) is 6.42 Å². The van der Waals surface area contributed by atoms with E-state index in [1.807, 2.05) is 0 Å². The van der Waals surface area contributed by atoms with Gasteiger partial charge in [-0.15, -0.1) is 0 Å². The molecule has 0 unspecified atom stereocenters. The number of aliphatic hydroxyl groups is 3. The summed E-state index contributed by atoms with van der Waals surface area (Å²) in [7, 11) is 0. The molecule has 2 aromatic rings. The van der Waals surface area contributed by atoms with Gasteiger partial charge in [-0.2, -0.15) is 4.98 Å². The molecule has 0 fully saturated rings. The van der Waals surface area contributed by atoms with Crippen LogP contribution in [0.1, 0.15) is 12.1 Å². The number of rotatable bonds is 3. The van der Waals surface area contributed by atoms with Crippen molar-refractivity contribution in [2.45, 2.75) is 18.8 Å². The Balaban J connectivity index is 2.36. The fourth-order valence-corrected chi connectivity index (χ4v) is 1.39. The van der Waals surface area contributed by atoms with E-state index in [0.717, 1.165) is 0 Å². The summed E-state index contributed by atoms with van der Waals surface area (Å²) in [5.41, 5.74) is 5.23. The molecule has 9 heteroatoms. The Morgan fingerprint density at radius 1 is 1.33 bits per heavy atom. The first-order valence-electron chi connectivity index (χ1n) is 5.04. The molecule has 2 aromatic heterocycles. The Hall–Kier alpha value is -2.10. The van der Waals surface area contributed by atoms with Crippen LogP contribution in [0.2, 0.25) is 0 Å². The Labute approximate surface area is 100.0 Å². The lowest BCUT2D eigenvalue weighted by atomic mass is 10.2. The van der Waals surface area contributed by atoms with Crippen LogP contribution < -0.4 is 11.3 Å². The third-order valence-electron chi connectivity index (χ3n) is 2.20. The number of aromatic nitrogens is 4. The summed E-state index contributed by atoms with van der Waals surface area (Å²) in [5.74, 6) is -2.84. The van der Waals surface area contributed by atoms with Gasteiger partial charge in [-0.3, -0.25) is 9.78 Å². The maximum atomic E-state index is 11.5. The van der Waals surface area contributed by atoms with Crippen LogP contribution in [0.25, 0.3) is 11.2 Å². The van der Waals surface area contributed by atoms with E-state index in [9.17, 15) is 4.79 Å². The second-order valence-electron chi connectivity index (χ2n) is 3.76. The average Bonchev–Trinajstić information content (AvgIpc) is 2.25. The summed E-state index contributed by atoms with van der Waals surface area (Å²) in [5, 5.41) is 26.2. The zero-order valence-corrected chi connectivity index (χ0v) is 9.16. The number of nitrogens with two attached hydrogens (primary N) is 1. The molecule has 18 heavy (non-hydrogen) atoms. The number of aryl methyl sites for hydroxylation is 1. The van der Waals surface area contributed by atoms with E-state index in [2.05, 4.69) is 19.9 Å². The predicted octanol–water partition coefficient (Wildman–Crippen LogP) is -2.14. The molecule has 0 amide bonds. The summed E-state index contributed by atoms with van der Waals surface area (Å²) < 4.78 is 0. The summed E-state index contributed by atoms with van der Waals surface area (Å²) in [4.78, 5) is 25.4. The number of nitrogens with one attached hydrogen (secondary N) is 1. The van der Waals surface area contributed by atoms with E-state index >= 15 is 0 Å². The summed E-state index contributed by atoms with van der Waals surface area (Å²) in [6.45, 7) is 0. The first-order chi connectivity index (χ1) is 8.35. The molecule has 0 spiro atoms. The van der Waals surface area contributed by atoms with E-state index in [1.54, 1.807) is 0 Å². The zero-order valence-electron chi connectivity index (χ0n) is 9.16. The average molecular weight is 253 g/mol. The summed E-state index contributed by atoms with van der Waals surface area (Å²) in [6.07, 6.45) is 1.00. The van der Waals surface area contributed by atoms with E-state index in [0.29, 0.717) is 5.69 Å². The van der Waals surface area contributed by atoms with E-state index in [4.69, 9.17) is 21.1 Å². The third-order valence-corrected chi connectivity index (χ3v) is 2.20.